The number of thiazole rings is 1. The Hall–Kier alpha value is -2.18. The lowest BCUT2D eigenvalue weighted by Crippen LogP contribution is -2.38. The van der Waals surface area contributed by atoms with Gasteiger partial charge in [-0.2, -0.15) is 0 Å². The second kappa shape index (κ2) is 6.37. The number of para-hydroxylation sites is 1. The topological polar surface area (TPSA) is 66.6 Å². The molecule has 1 atom stereocenters. The van der Waals surface area contributed by atoms with Crippen LogP contribution in [-0.2, 0) is 11.3 Å². The maximum absolute atomic E-state index is 11.2. The summed E-state index contributed by atoms with van der Waals surface area (Å²) in [5, 5.41) is 10.1. The first-order valence-electron chi connectivity index (χ1n) is 8.09. The average Bonchev–Trinajstić information content (AvgIpc) is 3.21. The molecule has 3 aromatic rings. The Morgan fingerprint density at radius 3 is 3.04 bits per heavy atom. The van der Waals surface area contributed by atoms with Gasteiger partial charge in [0.2, 0.25) is 0 Å². The Kier molecular flexibility index (Phi) is 4.08. The smallest absolute Gasteiger partial charge is 0.307 e. The van der Waals surface area contributed by atoms with Gasteiger partial charge in [-0.05, 0) is 43.7 Å². The molecule has 1 aromatic carbocycles. The van der Waals surface area contributed by atoms with Crippen molar-refractivity contribution in [2.24, 2.45) is 5.92 Å². The molecule has 0 spiro atoms. The molecule has 0 amide bonds. The summed E-state index contributed by atoms with van der Waals surface area (Å²) in [5.74, 6) is 0.667. The number of carboxylic acid groups (broad SMARTS) is 1. The Morgan fingerprint density at radius 1 is 1.33 bits per heavy atom. The third kappa shape index (κ3) is 3.07. The van der Waals surface area contributed by atoms with Gasteiger partial charge in [0.1, 0.15) is 5.76 Å². The summed E-state index contributed by atoms with van der Waals surface area (Å²) in [6.07, 6.45) is 1.68. The number of likely N-dealkylation sites (tertiary alicyclic amines) is 1. The molecule has 124 valence electrons. The van der Waals surface area contributed by atoms with E-state index in [4.69, 9.17) is 4.42 Å². The first-order chi connectivity index (χ1) is 11.7. The molecule has 1 saturated heterocycles. The number of hydrogen-bond acceptors (Lipinski definition) is 5. The van der Waals surface area contributed by atoms with Crippen molar-refractivity contribution < 1.29 is 14.3 Å². The molecule has 2 aromatic heterocycles. The molecule has 1 aliphatic rings. The number of carbonyl (C=O) groups is 1. The van der Waals surface area contributed by atoms with Crippen molar-refractivity contribution in [1.29, 1.82) is 0 Å². The van der Waals surface area contributed by atoms with Crippen molar-refractivity contribution in [3.63, 3.8) is 0 Å². The number of aliphatic carboxylic acids is 1. The van der Waals surface area contributed by atoms with Gasteiger partial charge in [-0.1, -0.05) is 12.1 Å². The third-order valence-corrected chi connectivity index (χ3v) is 5.45. The van der Waals surface area contributed by atoms with Crippen molar-refractivity contribution in [2.75, 3.05) is 13.1 Å². The molecule has 0 saturated carbocycles. The number of piperidine rings is 1. The van der Waals surface area contributed by atoms with Crippen LogP contribution in [0.1, 0.15) is 18.6 Å². The van der Waals surface area contributed by atoms with Gasteiger partial charge in [-0.15, -0.1) is 11.3 Å². The summed E-state index contributed by atoms with van der Waals surface area (Å²) < 4.78 is 7.10. The minimum absolute atomic E-state index is 0.266. The van der Waals surface area contributed by atoms with E-state index in [1.54, 1.807) is 11.3 Å². The number of fused-ring (bicyclic) bond motifs is 1. The van der Waals surface area contributed by atoms with Gasteiger partial charge >= 0.3 is 5.97 Å². The zero-order chi connectivity index (χ0) is 16.5. The van der Waals surface area contributed by atoms with Crippen LogP contribution in [0.3, 0.4) is 0 Å². The summed E-state index contributed by atoms with van der Waals surface area (Å²) in [7, 11) is 0. The monoisotopic (exact) mass is 342 g/mol. The van der Waals surface area contributed by atoms with Crippen LogP contribution in [0.4, 0.5) is 0 Å². The lowest BCUT2D eigenvalue weighted by molar-refractivity contribution is -0.143. The van der Waals surface area contributed by atoms with E-state index in [1.807, 2.05) is 30.3 Å². The van der Waals surface area contributed by atoms with Gasteiger partial charge in [-0.25, -0.2) is 4.98 Å². The fraction of sp³-hybridized carbons (Fsp3) is 0.333. The van der Waals surface area contributed by atoms with Gasteiger partial charge < -0.3 is 9.52 Å². The van der Waals surface area contributed by atoms with Crippen molar-refractivity contribution in [1.82, 2.24) is 9.88 Å². The second-order valence-corrected chi connectivity index (χ2v) is 7.20. The number of rotatable bonds is 4. The van der Waals surface area contributed by atoms with E-state index in [0.29, 0.717) is 13.1 Å². The van der Waals surface area contributed by atoms with Crippen molar-refractivity contribution >= 4 is 27.5 Å². The van der Waals surface area contributed by atoms with Crippen LogP contribution in [0, 0.1) is 5.92 Å². The number of carboxylic acids is 1. The second-order valence-electron chi connectivity index (χ2n) is 6.17. The van der Waals surface area contributed by atoms with E-state index in [0.717, 1.165) is 46.1 Å². The van der Waals surface area contributed by atoms with Crippen LogP contribution in [0.25, 0.3) is 21.0 Å². The largest absolute Gasteiger partial charge is 0.481 e. The van der Waals surface area contributed by atoms with Crippen LogP contribution in [0.15, 0.2) is 40.8 Å². The standard InChI is InChI=1S/C18H18N2O3S/c21-18(22)12-4-3-9-20(10-12)11-13-7-8-15(23-13)17-19-14-5-1-2-6-16(14)24-17/h1-2,5-8,12H,3-4,9-11H2,(H,21,22). The SMILES string of the molecule is O=C(O)C1CCCN(Cc2ccc(-c3nc4ccccc4s3)o2)C1. The highest BCUT2D eigenvalue weighted by atomic mass is 32.1. The number of benzene rings is 1. The van der Waals surface area contributed by atoms with Crippen LogP contribution < -0.4 is 0 Å². The van der Waals surface area contributed by atoms with Gasteiger partial charge in [-0.3, -0.25) is 9.69 Å². The van der Waals surface area contributed by atoms with Crippen LogP contribution in [0.5, 0.6) is 0 Å². The summed E-state index contributed by atoms with van der Waals surface area (Å²) in [6.45, 7) is 2.15. The fourth-order valence-corrected chi connectivity index (χ4v) is 4.10. The van der Waals surface area contributed by atoms with E-state index >= 15 is 0 Å². The highest BCUT2D eigenvalue weighted by Crippen LogP contribution is 2.31. The van der Waals surface area contributed by atoms with E-state index in [2.05, 4.69) is 16.0 Å². The lowest BCUT2D eigenvalue weighted by atomic mass is 9.98. The average molecular weight is 342 g/mol. The quantitative estimate of drug-likeness (QED) is 0.780. The molecular weight excluding hydrogens is 324 g/mol. The van der Waals surface area contributed by atoms with Crippen molar-refractivity contribution in [3.8, 4) is 10.8 Å². The van der Waals surface area contributed by atoms with E-state index in [1.165, 1.54) is 0 Å². The first-order valence-corrected chi connectivity index (χ1v) is 8.90. The summed E-state index contributed by atoms with van der Waals surface area (Å²) in [4.78, 5) is 17.9. The molecule has 3 heterocycles. The molecule has 4 rings (SSSR count). The molecule has 5 nitrogen and oxygen atoms in total. The molecule has 1 unspecified atom stereocenters. The normalized spacial score (nSPS) is 18.9. The van der Waals surface area contributed by atoms with E-state index < -0.39 is 5.97 Å². The molecule has 24 heavy (non-hydrogen) atoms. The predicted molar refractivity (Wildman–Crippen MR) is 93.0 cm³/mol. The highest BCUT2D eigenvalue weighted by molar-refractivity contribution is 7.21. The molecule has 0 radical (unpaired) electrons. The number of hydrogen-bond donors (Lipinski definition) is 1. The highest BCUT2D eigenvalue weighted by Gasteiger charge is 2.25. The minimum atomic E-state index is -0.700. The molecule has 0 aliphatic carbocycles. The van der Waals surface area contributed by atoms with Crippen molar-refractivity contribution in [2.45, 2.75) is 19.4 Å². The van der Waals surface area contributed by atoms with E-state index in [-0.39, 0.29) is 5.92 Å². The fourth-order valence-electron chi connectivity index (χ4n) is 3.18. The minimum Gasteiger partial charge on any atom is -0.481 e. The molecule has 1 aliphatic heterocycles. The van der Waals surface area contributed by atoms with Crippen molar-refractivity contribution in [3.05, 3.63) is 42.2 Å². The Morgan fingerprint density at radius 2 is 2.21 bits per heavy atom. The van der Waals surface area contributed by atoms with Gasteiger partial charge in [0.25, 0.3) is 0 Å². The summed E-state index contributed by atoms with van der Waals surface area (Å²) in [5.41, 5.74) is 0.982. The zero-order valence-electron chi connectivity index (χ0n) is 13.1. The molecule has 6 heteroatoms. The maximum Gasteiger partial charge on any atom is 0.307 e. The zero-order valence-corrected chi connectivity index (χ0v) is 14.0. The molecular formula is C18H18N2O3S. The molecule has 0 bridgehead atoms. The van der Waals surface area contributed by atoms with Gasteiger partial charge in [0.15, 0.2) is 10.8 Å². The third-order valence-electron chi connectivity index (χ3n) is 4.40. The number of nitrogens with zero attached hydrogens (tertiary/aromatic N) is 2. The van der Waals surface area contributed by atoms with Crippen LogP contribution >= 0.6 is 11.3 Å². The lowest BCUT2D eigenvalue weighted by Gasteiger charge is -2.29. The number of aromatic nitrogens is 1. The van der Waals surface area contributed by atoms with Crippen LogP contribution in [0.2, 0.25) is 0 Å². The summed E-state index contributed by atoms with van der Waals surface area (Å²) in [6, 6.07) is 12.0. The number of furan rings is 1. The Bertz CT molecular complexity index is 837. The Balaban J connectivity index is 1.49. The molecule has 1 fully saturated rings. The van der Waals surface area contributed by atoms with E-state index in [9.17, 15) is 9.90 Å². The Labute approximate surface area is 143 Å². The summed E-state index contributed by atoms with van der Waals surface area (Å²) >= 11 is 1.62. The predicted octanol–water partition coefficient (Wildman–Crippen LogP) is 3.85. The first kappa shape index (κ1) is 15.4. The molecule has 1 N–H and O–H groups in total. The van der Waals surface area contributed by atoms with Gasteiger partial charge in [0.05, 0.1) is 22.7 Å². The van der Waals surface area contributed by atoms with Gasteiger partial charge in [0, 0.05) is 6.54 Å². The van der Waals surface area contributed by atoms with Crippen LogP contribution in [-0.4, -0.2) is 34.0 Å². The maximum atomic E-state index is 11.2.